The number of hydrogen-bond acceptors (Lipinski definition) is 13. The van der Waals surface area contributed by atoms with Crippen molar-refractivity contribution in [2.45, 2.75) is 57.7 Å². The van der Waals surface area contributed by atoms with Crippen LogP contribution in [0.25, 0.3) is 0 Å². The number of nitrogens with one attached hydrogen (secondary N) is 2. The number of anilines is 1. The lowest BCUT2D eigenvalue weighted by molar-refractivity contribution is -0.136. The maximum atomic E-state index is 15.0. The van der Waals surface area contributed by atoms with E-state index in [9.17, 15) is 33.2 Å². The maximum absolute atomic E-state index is 15.0. The molecule has 17 heteroatoms. The summed E-state index contributed by atoms with van der Waals surface area (Å²) >= 11 is 1.23. The molecule has 68 heavy (non-hydrogen) atoms. The van der Waals surface area contributed by atoms with E-state index < -0.39 is 29.6 Å². The average Bonchev–Trinajstić information content (AvgIpc) is 4.04. The predicted octanol–water partition coefficient (Wildman–Crippen LogP) is 7.09. The van der Waals surface area contributed by atoms with E-state index in [2.05, 4.69) is 15.6 Å². The molecule has 1 aromatic heterocycles. The van der Waals surface area contributed by atoms with Gasteiger partial charge in [0.25, 0.3) is 11.8 Å². The number of halogens is 1. The van der Waals surface area contributed by atoms with E-state index in [4.69, 9.17) is 23.7 Å². The number of aromatic nitrogens is 1. The second-order valence-corrected chi connectivity index (χ2v) is 17.5. The molecule has 0 radical (unpaired) electrons. The van der Waals surface area contributed by atoms with Gasteiger partial charge in [0, 0.05) is 59.3 Å². The Morgan fingerprint density at radius 3 is 2.35 bits per heavy atom. The minimum atomic E-state index is -1.23. The van der Waals surface area contributed by atoms with Crippen molar-refractivity contribution in [1.82, 2.24) is 15.2 Å². The summed E-state index contributed by atoms with van der Waals surface area (Å²) in [4.78, 5) is 83.7. The van der Waals surface area contributed by atoms with Crippen molar-refractivity contribution in [3.05, 3.63) is 141 Å². The van der Waals surface area contributed by atoms with Gasteiger partial charge in [0.05, 0.1) is 39.0 Å². The Hall–Kier alpha value is -6.66. The summed E-state index contributed by atoms with van der Waals surface area (Å²) in [5, 5.41) is 7.20. The summed E-state index contributed by atoms with van der Waals surface area (Å²) in [6, 6.07) is 22.7. The number of hydrogen-bond donors (Lipinski definition) is 2. The van der Waals surface area contributed by atoms with E-state index in [1.807, 2.05) is 48.5 Å². The first-order valence-electron chi connectivity index (χ1n) is 22.6. The van der Waals surface area contributed by atoms with Crippen LogP contribution in [-0.2, 0) is 48.2 Å². The number of carbonyl (C=O) groups is 6. The van der Waals surface area contributed by atoms with Crippen LogP contribution in [0.2, 0.25) is 0 Å². The molecule has 0 bridgehead atoms. The van der Waals surface area contributed by atoms with E-state index in [1.54, 1.807) is 29.8 Å². The SMILES string of the molecule is O=C1CCC(CCC2C(=O)c3ccc(OCCOCCOCCOCCCc4cccc5c4C(=O)N(C(C(=O)Nc4nccs4)c4cc(F)ccc4OCc4ccccc4)C5)cc3C2=O)C(=O)N1. The monoisotopic (exact) mass is 946 g/mol. The van der Waals surface area contributed by atoms with Crippen molar-refractivity contribution >= 4 is 51.7 Å². The van der Waals surface area contributed by atoms with Crippen molar-refractivity contribution in [3.8, 4) is 11.5 Å². The van der Waals surface area contributed by atoms with Crippen molar-refractivity contribution in [2.24, 2.45) is 11.8 Å². The number of carbonyl (C=O) groups excluding carboxylic acids is 6. The van der Waals surface area contributed by atoms with Gasteiger partial charge in [-0.2, -0.15) is 0 Å². The zero-order chi connectivity index (χ0) is 47.4. The molecule has 0 spiro atoms. The van der Waals surface area contributed by atoms with E-state index in [0.717, 1.165) is 16.7 Å². The first-order valence-corrected chi connectivity index (χ1v) is 23.5. The zero-order valence-corrected chi connectivity index (χ0v) is 38.1. The topological polar surface area (TPSA) is 189 Å². The van der Waals surface area contributed by atoms with Gasteiger partial charge in [0.15, 0.2) is 16.7 Å². The highest BCUT2D eigenvalue weighted by Gasteiger charge is 2.41. The van der Waals surface area contributed by atoms with Gasteiger partial charge in [0.2, 0.25) is 11.8 Å². The van der Waals surface area contributed by atoms with E-state index in [0.29, 0.717) is 86.3 Å². The Balaban J connectivity index is 0.744. The molecule has 3 aliphatic rings. The second-order valence-electron chi connectivity index (χ2n) is 16.6. The van der Waals surface area contributed by atoms with Gasteiger partial charge in [-0.15, -0.1) is 11.3 Å². The summed E-state index contributed by atoms with van der Waals surface area (Å²) in [7, 11) is 0. The highest BCUT2D eigenvalue weighted by atomic mass is 32.1. The molecule has 3 atom stereocenters. The number of ketones is 2. The Labute approximate surface area is 396 Å². The minimum Gasteiger partial charge on any atom is -0.491 e. The van der Waals surface area contributed by atoms with Gasteiger partial charge in [-0.3, -0.25) is 39.4 Å². The third kappa shape index (κ3) is 11.7. The molecular weight excluding hydrogens is 896 g/mol. The van der Waals surface area contributed by atoms with Crippen LogP contribution in [0, 0.1) is 17.7 Å². The largest absolute Gasteiger partial charge is 0.491 e. The Morgan fingerprint density at radius 1 is 0.824 bits per heavy atom. The lowest BCUT2D eigenvalue weighted by Crippen LogP contribution is -2.40. The number of thiazole rings is 1. The van der Waals surface area contributed by atoms with Crippen LogP contribution in [-0.4, -0.2) is 91.3 Å². The fourth-order valence-corrected chi connectivity index (χ4v) is 9.21. The summed E-state index contributed by atoms with van der Waals surface area (Å²) in [6.07, 6.45) is 4.00. The molecule has 1 fully saturated rings. The molecule has 15 nitrogen and oxygen atoms in total. The molecule has 4 aromatic carbocycles. The number of fused-ring (bicyclic) bond motifs is 2. The van der Waals surface area contributed by atoms with Gasteiger partial charge in [-0.25, -0.2) is 9.37 Å². The van der Waals surface area contributed by atoms with E-state index in [-0.39, 0.29) is 79.8 Å². The minimum absolute atomic E-state index is 0.135. The predicted molar refractivity (Wildman–Crippen MR) is 247 cm³/mol. The van der Waals surface area contributed by atoms with E-state index >= 15 is 0 Å². The molecule has 3 unspecified atom stereocenters. The number of nitrogens with zero attached hydrogens (tertiary/aromatic N) is 2. The highest BCUT2D eigenvalue weighted by Crippen LogP contribution is 2.39. The summed E-state index contributed by atoms with van der Waals surface area (Å²) in [5.74, 6) is -3.17. The standard InChI is InChI=1S/C51H51FN4O11S/c52-36-13-17-42(67-31-32-6-2-1-3-7-32)41(28-36)45(49(61)55-51-53-19-27-68-51)56-30-35-9-4-8-33(44(35)50(56)62)10-5-20-63-21-22-64-23-24-65-25-26-66-37-14-16-38-40(29-37)47(59)39(46(38)58)15-11-34-12-18-43(57)54-48(34)60/h1-4,6-9,13-14,16-17,19,27-29,34,39,45H,5,10-12,15,18,20-26,30-31H2,(H,53,55,61)(H,54,57,60). The summed E-state index contributed by atoms with van der Waals surface area (Å²) in [5.41, 5.74) is 3.87. The van der Waals surface area contributed by atoms with Crippen LogP contribution in [0.5, 0.6) is 11.5 Å². The van der Waals surface area contributed by atoms with Crippen LogP contribution in [0.3, 0.4) is 0 Å². The van der Waals surface area contributed by atoms with Crippen molar-refractivity contribution in [1.29, 1.82) is 0 Å². The number of ether oxygens (including phenoxy) is 5. The Kier molecular flexibility index (Phi) is 16.1. The molecule has 0 saturated carbocycles. The van der Waals surface area contributed by atoms with Crippen LogP contribution >= 0.6 is 11.3 Å². The number of Topliss-reactive ketones (excluding diaryl/α,β-unsaturated/α-hetero) is 2. The fraction of sp³-hybridized carbons (Fsp3) is 0.353. The number of piperidine rings is 1. The number of aryl methyl sites for hydroxylation is 1. The molecule has 3 heterocycles. The van der Waals surface area contributed by atoms with Crippen LogP contribution in [0.1, 0.15) is 91.5 Å². The highest BCUT2D eigenvalue weighted by molar-refractivity contribution is 7.13. The number of amides is 4. The molecule has 8 rings (SSSR count). The smallest absolute Gasteiger partial charge is 0.255 e. The molecule has 1 aliphatic carbocycles. The fourth-order valence-electron chi connectivity index (χ4n) is 8.68. The molecule has 4 amide bonds. The van der Waals surface area contributed by atoms with Crippen LogP contribution in [0.15, 0.2) is 96.5 Å². The van der Waals surface area contributed by atoms with Crippen LogP contribution < -0.4 is 20.1 Å². The third-order valence-electron chi connectivity index (χ3n) is 12.1. The van der Waals surface area contributed by atoms with Gasteiger partial charge in [0.1, 0.15) is 36.6 Å². The second kappa shape index (κ2) is 22.9. The van der Waals surface area contributed by atoms with Crippen molar-refractivity contribution in [3.63, 3.8) is 0 Å². The molecular formula is C51H51FN4O11S. The first-order chi connectivity index (χ1) is 33.1. The number of rotatable bonds is 24. The lowest BCUT2D eigenvalue weighted by atomic mass is 9.88. The quantitative estimate of drug-likeness (QED) is 0.0364. The van der Waals surface area contributed by atoms with Gasteiger partial charge >= 0.3 is 0 Å². The number of benzene rings is 4. The van der Waals surface area contributed by atoms with E-state index in [1.165, 1.54) is 34.4 Å². The third-order valence-corrected chi connectivity index (χ3v) is 12.8. The first kappa shape index (κ1) is 47.8. The molecule has 5 aromatic rings. The summed E-state index contributed by atoms with van der Waals surface area (Å²) in [6.45, 7) is 2.61. The molecule has 1 saturated heterocycles. The molecule has 2 aliphatic heterocycles. The van der Waals surface area contributed by atoms with Gasteiger partial charge < -0.3 is 28.6 Å². The Morgan fingerprint density at radius 2 is 1.59 bits per heavy atom. The summed E-state index contributed by atoms with van der Waals surface area (Å²) < 4.78 is 44.0. The van der Waals surface area contributed by atoms with Crippen LogP contribution in [0.4, 0.5) is 9.52 Å². The maximum Gasteiger partial charge on any atom is 0.255 e. The molecule has 354 valence electrons. The lowest BCUT2D eigenvalue weighted by Gasteiger charge is -2.28. The number of imide groups is 1. The average molecular weight is 947 g/mol. The van der Waals surface area contributed by atoms with Crippen molar-refractivity contribution < 1.29 is 56.8 Å². The Bertz CT molecular complexity index is 2630. The molecule has 2 N–H and O–H groups in total. The van der Waals surface area contributed by atoms with Crippen molar-refractivity contribution in [2.75, 3.05) is 51.6 Å². The van der Waals surface area contributed by atoms with Gasteiger partial charge in [-0.05, 0) is 85.2 Å². The normalized spacial score (nSPS) is 17.0. The zero-order valence-electron chi connectivity index (χ0n) is 37.2. The van der Waals surface area contributed by atoms with Gasteiger partial charge in [-0.1, -0.05) is 48.5 Å².